The van der Waals surface area contributed by atoms with Gasteiger partial charge in [0, 0.05) is 4.90 Å². The summed E-state index contributed by atoms with van der Waals surface area (Å²) in [6, 6.07) is 6.49. The monoisotopic (exact) mass is 301 g/mol. The van der Waals surface area contributed by atoms with Gasteiger partial charge in [-0.1, -0.05) is 42.2 Å². The lowest BCUT2D eigenvalue weighted by Gasteiger charge is -2.08. The number of halogens is 5. The van der Waals surface area contributed by atoms with Gasteiger partial charge in [-0.15, -0.1) is 0 Å². The average Bonchev–Trinajstić information content (AvgIpc) is 2.48. The van der Waals surface area contributed by atoms with Crippen molar-refractivity contribution in [3.63, 3.8) is 0 Å². The lowest BCUT2D eigenvalue weighted by atomic mass is 9.74. The highest BCUT2D eigenvalue weighted by atomic mass is 32.2. The fourth-order valence-electron chi connectivity index (χ4n) is 1.55. The van der Waals surface area contributed by atoms with Crippen molar-refractivity contribution < 1.29 is 22.0 Å². The molecule has 0 spiro atoms. The van der Waals surface area contributed by atoms with E-state index in [1.165, 1.54) is 6.07 Å². The Hall–Kier alpha value is -1.50. The molecule has 0 fully saturated rings. The number of benzene rings is 2. The molecule has 0 atom stereocenters. The summed E-state index contributed by atoms with van der Waals surface area (Å²) in [5, 5.41) is 0. The topological polar surface area (TPSA) is 0 Å². The lowest BCUT2D eigenvalue weighted by molar-refractivity contribution is 0.361. The highest BCUT2D eigenvalue weighted by Crippen LogP contribution is 2.35. The van der Waals surface area contributed by atoms with Crippen LogP contribution in [0.5, 0.6) is 0 Å². The van der Waals surface area contributed by atoms with E-state index in [0.717, 1.165) is 5.46 Å². The SMILES string of the molecule is C[B]c1cccc(Sc2c(F)c(F)c(F)c(F)c2F)c1. The Kier molecular flexibility index (Phi) is 4.37. The Balaban J connectivity index is 2.48. The Morgan fingerprint density at radius 1 is 0.850 bits per heavy atom. The molecule has 7 heteroatoms. The van der Waals surface area contributed by atoms with E-state index in [1.54, 1.807) is 32.3 Å². The summed E-state index contributed by atoms with van der Waals surface area (Å²) in [6.07, 6.45) is 0. The molecule has 0 saturated carbocycles. The first-order chi connectivity index (χ1) is 9.45. The van der Waals surface area contributed by atoms with Crippen LogP contribution in [0.4, 0.5) is 22.0 Å². The van der Waals surface area contributed by atoms with Crippen LogP contribution in [0.25, 0.3) is 0 Å². The molecule has 2 rings (SSSR count). The van der Waals surface area contributed by atoms with Gasteiger partial charge in [-0.3, -0.25) is 0 Å². The smallest absolute Gasteiger partial charge is 0.200 e. The third-order valence-corrected chi connectivity index (χ3v) is 3.63. The first-order valence-corrected chi connectivity index (χ1v) is 6.36. The standard InChI is InChI=1S/C13H7BF5S/c1-14-6-3-2-4-7(5-6)20-13-11(18)9(16)8(15)10(17)12(13)19/h2-5H,1H3. The molecule has 0 saturated heterocycles. The van der Waals surface area contributed by atoms with E-state index in [4.69, 9.17) is 0 Å². The summed E-state index contributed by atoms with van der Waals surface area (Å²) in [5.41, 5.74) is 0.777. The van der Waals surface area contributed by atoms with Gasteiger partial charge in [-0.25, -0.2) is 22.0 Å². The minimum Gasteiger partial charge on any atom is -0.202 e. The summed E-state index contributed by atoms with van der Waals surface area (Å²) in [4.78, 5) is -0.529. The van der Waals surface area contributed by atoms with Crippen LogP contribution < -0.4 is 5.46 Å². The molecule has 0 amide bonds. The maximum atomic E-state index is 13.5. The molecule has 0 aliphatic heterocycles. The second-order valence-corrected chi connectivity index (χ2v) is 4.95. The Morgan fingerprint density at radius 2 is 1.40 bits per heavy atom. The molecule has 103 valence electrons. The van der Waals surface area contributed by atoms with Gasteiger partial charge < -0.3 is 0 Å². The maximum Gasteiger partial charge on any atom is 0.200 e. The lowest BCUT2D eigenvalue weighted by Crippen LogP contribution is -2.09. The maximum absolute atomic E-state index is 13.5. The Bertz CT molecular complexity index is 630. The van der Waals surface area contributed by atoms with Crippen LogP contribution in [0.3, 0.4) is 0 Å². The quantitative estimate of drug-likeness (QED) is 0.358. The van der Waals surface area contributed by atoms with Crippen molar-refractivity contribution in [2.45, 2.75) is 16.6 Å². The van der Waals surface area contributed by atoms with E-state index in [9.17, 15) is 22.0 Å². The minimum absolute atomic E-state index is 0.379. The van der Waals surface area contributed by atoms with E-state index >= 15 is 0 Å². The van der Waals surface area contributed by atoms with Gasteiger partial charge in [-0.2, -0.15) is 0 Å². The molecular formula is C13H7BF5S. The van der Waals surface area contributed by atoms with E-state index in [2.05, 4.69) is 0 Å². The molecule has 0 aliphatic carbocycles. The highest BCUT2D eigenvalue weighted by Gasteiger charge is 2.26. The molecule has 0 bridgehead atoms. The molecule has 20 heavy (non-hydrogen) atoms. The summed E-state index contributed by atoms with van der Waals surface area (Å²) in [5.74, 6) is -9.68. The zero-order valence-corrected chi connectivity index (χ0v) is 11.0. The van der Waals surface area contributed by atoms with Crippen molar-refractivity contribution >= 4 is 24.5 Å². The Labute approximate surface area is 117 Å². The molecule has 0 heterocycles. The van der Waals surface area contributed by atoms with Gasteiger partial charge >= 0.3 is 0 Å². The van der Waals surface area contributed by atoms with Gasteiger partial charge in [0.15, 0.2) is 23.3 Å². The van der Waals surface area contributed by atoms with Crippen LogP contribution in [-0.4, -0.2) is 7.28 Å². The van der Waals surface area contributed by atoms with Gasteiger partial charge in [0.05, 0.1) is 4.90 Å². The van der Waals surface area contributed by atoms with Crippen molar-refractivity contribution in [2.24, 2.45) is 0 Å². The van der Waals surface area contributed by atoms with Crippen molar-refractivity contribution in [2.75, 3.05) is 0 Å². The first-order valence-electron chi connectivity index (χ1n) is 5.54. The fourth-order valence-corrected chi connectivity index (χ4v) is 2.49. The minimum atomic E-state index is -2.15. The van der Waals surface area contributed by atoms with E-state index in [-0.39, 0.29) is 0 Å². The van der Waals surface area contributed by atoms with Crippen LogP contribution in [0, 0.1) is 29.1 Å². The van der Waals surface area contributed by atoms with Crippen LogP contribution in [0.2, 0.25) is 6.82 Å². The van der Waals surface area contributed by atoms with Crippen molar-refractivity contribution in [3.05, 3.63) is 53.4 Å². The normalized spacial score (nSPS) is 10.7. The van der Waals surface area contributed by atoms with Crippen LogP contribution in [-0.2, 0) is 0 Å². The second-order valence-electron chi connectivity index (χ2n) is 3.86. The van der Waals surface area contributed by atoms with Crippen molar-refractivity contribution in [1.29, 1.82) is 0 Å². The van der Waals surface area contributed by atoms with E-state index < -0.39 is 34.0 Å². The summed E-state index contributed by atoms with van der Waals surface area (Å²) in [6.45, 7) is 1.77. The van der Waals surface area contributed by atoms with Crippen molar-refractivity contribution in [1.82, 2.24) is 0 Å². The molecular weight excluding hydrogens is 294 g/mol. The van der Waals surface area contributed by atoms with Gasteiger partial charge in [0.25, 0.3) is 0 Å². The third-order valence-electron chi connectivity index (χ3n) is 2.58. The summed E-state index contributed by atoms with van der Waals surface area (Å²) >= 11 is 0.491. The zero-order valence-electron chi connectivity index (χ0n) is 10.2. The molecule has 1 radical (unpaired) electrons. The van der Waals surface area contributed by atoms with Gasteiger partial charge in [-0.05, 0) is 6.07 Å². The predicted octanol–water partition coefficient (Wildman–Crippen LogP) is 3.91. The van der Waals surface area contributed by atoms with Crippen molar-refractivity contribution in [3.8, 4) is 0 Å². The Morgan fingerprint density at radius 3 is 1.95 bits per heavy atom. The zero-order chi connectivity index (χ0) is 14.9. The first kappa shape index (κ1) is 14.9. The molecule has 2 aromatic carbocycles. The van der Waals surface area contributed by atoms with Crippen LogP contribution in [0.15, 0.2) is 34.1 Å². The summed E-state index contributed by atoms with van der Waals surface area (Å²) in [7, 11) is 1.75. The van der Waals surface area contributed by atoms with E-state index in [0.29, 0.717) is 16.7 Å². The fraction of sp³-hybridized carbons (Fsp3) is 0.0769. The molecule has 0 unspecified atom stereocenters. The number of rotatable bonds is 3. The predicted molar refractivity (Wildman–Crippen MR) is 68.0 cm³/mol. The average molecular weight is 301 g/mol. The molecule has 2 aromatic rings. The number of hydrogen-bond acceptors (Lipinski definition) is 1. The highest BCUT2D eigenvalue weighted by molar-refractivity contribution is 7.99. The number of hydrogen-bond donors (Lipinski definition) is 0. The molecule has 0 nitrogen and oxygen atoms in total. The molecule has 0 N–H and O–H groups in total. The van der Waals surface area contributed by atoms with Crippen LogP contribution in [0.1, 0.15) is 0 Å². The van der Waals surface area contributed by atoms with Gasteiger partial charge in [0.2, 0.25) is 5.82 Å². The third kappa shape index (κ3) is 2.68. The second kappa shape index (κ2) is 5.87. The van der Waals surface area contributed by atoms with E-state index in [1.807, 2.05) is 0 Å². The molecule has 0 aromatic heterocycles. The van der Waals surface area contributed by atoms with Crippen LogP contribution >= 0.6 is 11.8 Å². The van der Waals surface area contributed by atoms with Gasteiger partial charge in [0.1, 0.15) is 7.28 Å². The molecule has 0 aliphatic rings. The summed E-state index contributed by atoms with van der Waals surface area (Å²) < 4.78 is 66.1. The largest absolute Gasteiger partial charge is 0.202 e.